The smallest absolute Gasteiger partial charge is 0.284 e. The fourth-order valence-electron chi connectivity index (χ4n) is 3.03. The predicted molar refractivity (Wildman–Crippen MR) is 92.1 cm³/mol. The van der Waals surface area contributed by atoms with E-state index >= 15 is 0 Å². The number of rotatable bonds is 4. The summed E-state index contributed by atoms with van der Waals surface area (Å²) in [5.41, 5.74) is 0.492. The molecule has 0 aliphatic heterocycles. The monoisotopic (exact) mass is 347 g/mol. The van der Waals surface area contributed by atoms with E-state index in [1.54, 1.807) is 24.3 Å². The van der Waals surface area contributed by atoms with E-state index in [0.717, 1.165) is 44.1 Å². The van der Waals surface area contributed by atoms with E-state index in [1.165, 1.54) is 0 Å². The van der Waals surface area contributed by atoms with Crippen LogP contribution in [0.5, 0.6) is 0 Å². The van der Waals surface area contributed by atoms with Gasteiger partial charge in [-0.2, -0.15) is 0 Å². The van der Waals surface area contributed by atoms with Crippen molar-refractivity contribution < 1.29 is 14.3 Å². The minimum atomic E-state index is -0.778. The van der Waals surface area contributed by atoms with Crippen molar-refractivity contribution in [1.29, 1.82) is 0 Å². The van der Waals surface area contributed by atoms with Crippen LogP contribution in [-0.4, -0.2) is 33.4 Å². The summed E-state index contributed by atoms with van der Waals surface area (Å²) in [6.07, 6.45) is 5.83. The number of carbonyl (C=O) groups excluding carboxylic acids is 1. The van der Waals surface area contributed by atoms with Crippen molar-refractivity contribution >= 4 is 18.1 Å². The van der Waals surface area contributed by atoms with Crippen LogP contribution in [0.25, 0.3) is 11.5 Å². The first-order valence-electron chi connectivity index (χ1n) is 8.22. The molecule has 0 saturated heterocycles. The lowest BCUT2D eigenvalue weighted by Gasteiger charge is -2.26. The molecule has 0 unspecified atom stereocenters. The van der Waals surface area contributed by atoms with Gasteiger partial charge in [0.05, 0.1) is 5.60 Å². The average molecular weight is 347 g/mol. The molecule has 1 heterocycles. The highest BCUT2D eigenvalue weighted by atomic mass is 32.1. The Morgan fingerprint density at radius 1 is 1.25 bits per heavy atom. The van der Waals surface area contributed by atoms with Crippen LogP contribution < -0.4 is 5.32 Å². The van der Waals surface area contributed by atoms with E-state index < -0.39 is 5.60 Å². The van der Waals surface area contributed by atoms with Crippen molar-refractivity contribution in [1.82, 2.24) is 15.5 Å². The van der Waals surface area contributed by atoms with E-state index in [9.17, 15) is 9.90 Å². The molecule has 128 valence electrons. The molecule has 3 N–H and O–H groups in total. The van der Waals surface area contributed by atoms with Crippen LogP contribution in [0, 0.1) is 4.84 Å². The summed E-state index contributed by atoms with van der Waals surface area (Å²) >= 11 is 4.84. The van der Waals surface area contributed by atoms with Crippen molar-refractivity contribution in [3.05, 3.63) is 34.7 Å². The number of H-pyrrole nitrogens is 1. The number of aromatic nitrogens is 2. The quantitative estimate of drug-likeness (QED) is 0.583. The van der Waals surface area contributed by atoms with E-state index in [0.29, 0.717) is 18.0 Å². The zero-order valence-corrected chi connectivity index (χ0v) is 14.2. The van der Waals surface area contributed by atoms with E-state index in [-0.39, 0.29) is 10.7 Å². The number of amides is 1. The first kappa shape index (κ1) is 16.9. The van der Waals surface area contributed by atoms with Gasteiger partial charge in [0.15, 0.2) is 0 Å². The number of carbonyl (C=O) groups is 1. The highest BCUT2D eigenvalue weighted by Gasteiger charge is 2.28. The van der Waals surface area contributed by atoms with Gasteiger partial charge in [0.25, 0.3) is 10.7 Å². The number of nitrogens with one attached hydrogen (secondary N) is 2. The van der Waals surface area contributed by atoms with Crippen molar-refractivity contribution in [2.24, 2.45) is 0 Å². The van der Waals surface area contributed by atoms with E-state index in [1.807, 2.05) is 0 Å². The molecule has 0 bridgehead atoms. The fourth-order valence-corrected chi connectivity index (χ4v) is 3.15. The summed E-state index contributed by atoms with van der Waals surface area (Å²) in [6.45, 7) is 0.293. The molecule has 0 spiro atoms. The fraction of sp³-hybridized carbons (Fsp3) is 0.471. The number of benzene rings is 1. The highest BCUT2D eigenvalue weighted by molar-refractivity contribution is 7.71. The summed E-state index contributed by atoms with van der Waals surface area (Å²) in [5.74, 6) is 0.196. The van der Waals surface area contributed by atoms with Crippen molar-refractivity contribution in [2.45, 2.75) is 44.1 Å². The van der Waals surface area contributed by atoms with Gasteiger partial charge in [-0.1, -0.05) is 25.7 Å². The maximum Gasteiger partial charge on any atom is 0.284 e. The first-order valence-corrected chi connectivity index (χ1v) is 8.63. The number of nitrogens with zero attached hydrogens (tertiary/aromatic N) is 1. The van der Waals surface area contributed by atoms with Crippen LogP contribution in [0.3, 0.4) is 0 Å². The molecule has 7 heteroatoms. The van der Waals surface area contributed by atoms with Crippen LogP contribution in [0.2, 0.25) is 0 Å². The lowest BCUT2D eigenvalue weighted by molar-refractivity contribution is 0.0246. The molecule has 6 nitrogen and oxygen atoms in total. The summed E-state index contributed by atoms with van der Waals surface area (Å²) < 4.78 is 5.24. The van der Waals surface area contributed by atoms with E-state index in [2.05, 4.69) is 15.5 Å². The molecule has 24 heavy (non-hydrogen) atoms. The number of hydrogen-bond donors (Lipinski definition) is 3. The Kier molecular flexibility index (Phi) is 5.11. The number of aliphatic hydroxyl groups is 1. The average Bonchev–Trinajstić information content (AvgIpc) is 2.90. The Labute approximate surface area is 145 Å². The van der Waals surface area contributed by atoms with E-state index in [4.69, 9.17) is 16.6 Å². The van der Waals surface area contributed by atoms with Gasteiger partial charge in [0, 0.05) is 17.7 Å². The van der Waals surface area contributed by atoms with Gasteiger partial charge in [-0.3, -0.25) is 4.79 Å². The SMILES string of the molecule is O=C(NCC1(O)CCCCCC1)c1ccc(-c2n[nH]c(=S)o2)cc1. The molecule has 1 fully saturated rings. The second kappa shape index (κ2) is 7.27. The first-order chi connectivity index (χ1) is 11.6. The van der Waals surface area contributed by atoms with Gasteiger partial charge in [0.2, 0.25) is 5.89 Å². The lowest BCUT2D eigenvalue weighted by atomic mass is 9.94. The molecule has 1 aliphatic rings. The molecule has 3 rings (SSSR count). The predicted octanol–water partition coefficient (Wildman–Crippen LogP) is 3.21. The molecule has 1 aliphatic carbocycles. The zero-order chi connectivity index (χ0) is 17.0. The summed E-state index contributed by atoms with van der Waals surface area (Å²) in [5, 5.41) is 20.0. The van der Waals surface area contributed by atoms with Gasteiger partial charge in [0.1, 0.15) is 0 Å². The molecular weight excluding hydrogens is 326 g/mol. The molecule has 1 saturated carbocycles. The molecule has 2 aromatic rings. The lowest BCUT2D eigenvalue weighted by Crippen LogP contribution is -2.42. The van der Waals surface area contributed by atoms with Crippen LogP contribution in [0.15, 0.2) is 28.7 Å². The third-order valence-corrected chi connectivity index (χ3v) is 4.62. The molecule has 1 aromatic carbocycles. The molecule has 1 aromatic heterocycles. The Balaban J connectivity index is 1.61. The summed E-state index contributed by atoms with van der Waals surface area (Å²) in [6, 6.07) is 6.91. The third kappa shape index (κ3) is 4.10. The standard InChI is InChI=1S/C17H21N3O3S/c21-14(18-11-17(22)9-3-1-2-4-10-17)12-5-7-13(8-6-12)15-19-20-16(24)23-15/h5-8,22H,1-4,9-11H2,(H,18,21)(H,20,24). The van der Waals surface area contributed by atoms with Crippen molar-refractivity contribution in [3.8, 4) is 11.5 Å². The Bertz CT molecular complexity index is 743. The Morgan fingerprint density at radius 2 is 1.92 bits per heavy atom. The summed E-state index contributed by atoms with van der Waals surface area (Å²) in [4.78, 5) is 12.5. The molecule has 1 amide bonds. The van der Waals surface area contributed by atoms with Gasteiger partial charge in [-0.25, -0.2) is 5.10 Å². The molecule has 0 atom stereocenters. The highest BCUT2D eigenvalue weighted by Crippen LogP contribution is 2.26. The van der Waals surface area contributed by atoms with Gasteiger partial charge in [-0.05, 0) is 49.3 Å². The minimum absolute atomic E-state index is 0.192. The van der Waals surface area contributed by atoms with Crippen molar-refractivity contribution in [2.75, 3.05) is 6.54 Å². The number of aromatic amines is 1. The Hall–Kier alpha value is -1.99. The maximum absolute atomic E-state index is 12.3. The largest absolute Gasteiger partial charge is 0.409 e. The van der Waals surface area contributed by atoms with Crippen LogP contribution in [0.4, 0.5) is 0 Å². The molecule has 0 radical (unpaired) electrons. The minimum Gasteiger partial charge on any atom is -0.409 e. The second-order valence-electron chi connectivity index (χ2n) is 6.32. The van der Waals surface area contributed by atoms with Crippen LogP contribution in [0.1, 0.15) is 48.9 Å². The number of hydrogen-bond acceptors (Lipinski definition) is 5. The van der Waals surface area contributed by atoms with Crippen LogP contribution in [-0.2, 0) is 0 Å². The third-order valence-electron chi connectivity index (χ3n) is 4.44. The van der Waals surface area contributed by atoms with Gasteiger partial charge in [-0.15, -0.1) is 5.10 Å². The molecular formula is C17H21N3O3S. The summed E-state index contributed by atoms with van der Waals surface area (Å²) in [7, 11) is 0. The van der Waals surface area contributed by atoms with Gasteiger partial charge >= 0.3 is 0 Å². The maximum atomic E-state index is 12.3. The second-order valence-corrected chi connectivity index (χ2v) is 6.69. The van der Waals surface area contributed by atoms with Crippen molar-refractivity contribution in [3.63, 3.8) is 0 Å². The Morgan fingerprint density at radius 3 is 2.50 bits per heavy atom. The van der Waals surface area contributed by atoms with Gasteiger partial charge < -0.3 is 14.8 Å². The zero-order valence-electron chi connectivity index (χ0n) is 13.4. The normalized spacial score (nSPS) is 17.2. The van der Waals surface area contributed by atoms with Crippen LogP contribution >= 0.6 is 12.2 Å². The topological polar surface area (TPSA) is 91.1 Å².